The molecule has 0 bridgehead atoms. The lowest BCUT2D eigenvalue weighted by atomic mass is 10.2. The van der Waals surface area contributed by atoms with Gasteiger partial charge in [-0.05, 0) is 30.5 Å². The lowest BCUT2D eigenvalue weighted by Gasteiger charge is -2.22. The molecule has 0 spiro atoms. The van der Waals surface area contributed by atoms with E-state index in [-0.39, 0.29) is 11.7 Å². The van der Waals surface area contributed by atoms with Gasteiger partial charge in [0.25, 0.3) is 5.91 Å². The molecule has 0 aliphatic carbocycles. The van der Waals surface area contributed by atoms with Crippen LogP contribution in [0.25, 0.3) is 0 Å². The van der Waals surface area contributed by atoms with Crippen LogP contribution < -0.4 is 0 Å². The molecule has 1 saturated heterocycles. The summed E-state index contributed by atoms with van der Waals surface area (Å²) < 4.78 is 26.9. The Balaban J connectivity index is 1.60. The Bertz CT molecular complexity index is 826. The summed E-state index contributed by atoms with van der Waals surface area (Å²) in [5.41, 5.74) is 1.60. The molecule has 0 saturated carbocycles. The van der Waals surface area contributed by atoms with E-state index in [1.165, 1.54) is 4.31 Å². The summed E-state index contributed by atoms with van der Waals surface area (Å²) in [4.78, 5) is 18.2. The lowest BCUT2D eigenvalue weighted by molar-refractivity contribution is 0.0764. The van der Waals surface area contributed by atoms with Crippen LogP contribution in [-0.4, -0.2) is 60.4 Å². The quantitative estimate of drug-likeness (QED) is 0.801. The molecule has 1 aromatic carbocycles. The molecule has 26 heavy (non-hydrogen) atoms. The third-order valence-corrected chi connectivity index (χ3v) is 6.43. The third-order valence-electron chi connectivity index (χ3n) is 4.55. The van der Waals surface area contributed by atoms with Gasteiger partial charge in [-0.25, -0.2) is 12.7 Å². The first kappa shape index (κ1) is 18.5. The number of carbonyl (C=O) groups excluding carboxylic acids is 1. The van der Waals surface area contributed by atoms with Gasteiger partial charge in [0.1, 0.15) is 0 Å². The van der Waals surface area contributed by atoms with Crippen LogP contribution in [0.2, 0.25) is 0 Å². The highest BCUT2D eigenvalue weighted by Crippen LogP contribution is 2.13. The average molecular weight is 373 g/mol. The zero-order chi connectivity index (χ0) is 18.4. The number of hydrogen-bond acceptors (Lipinski definition) is 4. The van der Waals surface area contributed by atoms with Gasteiger partial charge in [0.2, 0.25) is 10.0 Å². The Kier molecular flexibility index (Phi) is 6.00. The van der Waals surface area contributed by atoms with Crippen molar-refractivity contribution in [2.24, 2.45) is 0 Å². The van der Waals surface area contributed by atoms with E-state index in [2.05, 4.69) is 4.98 Å². The molecule has 0 radical (unpaired) electrons. The fraction of sp³-hybridized carbons (Fsp3) is 0.368. The second kappa shape index (κ2) is 8.42. The molecule has 1 aliphatic rings. The summed E-state index contributed by atoms with van der Waals surface area (Å²) in [6.45, 7) is 1.77. The monoisotopic (exact) mass is 373 g/mol. The zero-order valence-electron chi connectivity index (χ0n) is 14.6. The van der Waals surface area contributed by atoms with Gasteiger partial charge in [0, 0.05) is 44.1 Å². The molecule has 6 nitrogen and oxygen atoms in total. The molecule has 3 rings (SSSR count). The Morgan fingerprint density at radius 2 is 1.69 bits per heavy atom. The number of sulfonamides is 1. The second-order valence-corrected chi connectivity index (χ2v) is 8.42. The molecule has 138 valence electrons. The van der Waals surface area contributed by atoms with Crippen LogP contribution >= 0.6 is 0 Å². The van der Waals surface area contributed by atoms with Crippen LogP contribution in [0.3, 0.4) is 0 Å². The van der Waals surface area contributed by atoms with Gasteiger partial charge < -0.3 is 4.90 Å². The predicted octanol–water partition coefficient (Wildman–Crippen LogP) is 1.80. The molecule has 7 heteroatoms. The van der Waals surface area contributed by atoms with Crippen LogP contribution in [-0.2, 0) is 16.4 Å². The number of hydrogen-bond donors (Lipinski definition) is 0. The van der Waals surface area contributed by atoms with Crippen molar-refractivity contribution in [2.45, 2.75) is 12.8 Å². The third kappa shape index (κ3) is 4.68. The maximum Gasteiger partial charge on any atom is 0.254 e. The van der Waals surface area contributed by atoms with Crippen molar-refractivity contribution in [1.82, 2.24) is 14.2 Å². The number of aromatic nitrogens is 1. The van der Waals surface area contributed by atoms with E-state index in [0.29, 0.717) is 44.6 Å². The van der Waals surface area contributed by atoms with E-state index in [0.717, 1.165) is 5.56 Å². The van der Waals surface area contributed by atoms with E-state index in [9.17, 15) is 13.2 Å². The maximum absolute atomic E-state index is 12.7. The number of nitrogens with zero attached hydrogens (tertiary/aromatic N) is 3. The number of carbonyl (C=O) groups is 1. The summed E-state index contributed by atoms with van der Waals surface area (Å²) in [5, 5.41) is 0. The molecule has 2 aromatic rings. The topological polar surface area (TPSA) is 70.6 Å². The van der Waals surface area contributed by atoms with Crippen molar-refractivity contribution in [3.63, 3.8) is 0 Å². The van der Waals surface area contributed by atoms with E-state index in [4.69, 9.17) is 0 Å². The van der Waals surface area contributed by atoms with Crippen LogP contribution in [0.5, 0.6) is 0 Å². The Labute approximate surface area is 154 Å². The summed E-state index contributed by atoms with van der Waals surface area (Å²) >= 11 is 0. The van der Waals surface area contributed by atoms with Crippen LogP contribution in [0.1, 0.15) is 22.3 Å². The highest BCUT2D eigenvalue weighted by atomic mass is 32.2. The number of aryl methyl sites for hydroxylation is 1. The Hall–Kier alpha value is -2.25. The first-order valence-electron chi connectivity index (χ1n) is 8.77. The molecule has 1 fully saturated rings. The average Bonchev–Trinajstić information content (AvgIpc) is 2.94. The molecular formula is C19H23N3O3S. The van der Waals surface area contributed by atoms with Crippen LogP contribution in [0.15, 0.2) is 54.9 Å². The van der Waals surface area contributed by atoms with Gasteiger partial charge in [0.15, 0.2) is 0 Å². The number of amides is 1. The summed E-state index contributed by atoms with van der Waals surface area (Å²) in [6.07, 6.45) is 4.32. The molecule has 1 aromatic heterocycles. The van der Waals surface area contributed by atoms with Gasteiger partial charge in [-0.15, -0.1) is 0 Å². The molecule has 0 unspecified atom stereocenters. The minimum atomic E-state index is -3.33. The second-order valence-electron chi connectivity index (χ2n) is 6.33. The molecular weight excluding hydrogens is 350 g/mol. The van der Waals surface area contributed by atoms with Crippen molar-refractivity contribution in [3.8, 4) is 0 Å². The first-order valence-corrected chi connectivity index (χ1v) is 10.4. The van der Waals surface area contributed by atoms with Crippen molar-refractivity contribution >= 4 is 15.9 Å². The molecule has 1 amide bonds. The number of pyridine rings is 1. The Morgan fingerprint density at radius 1 is 0.962 bits per heavy atom. The molecule has 2 heterocycles. The molecule has 1 aliphatic heterocycles. The smallest absolute Gasteiger partial charge is 0.254 e. The van der Waals surface area contributed by atoms with Crippen molar-refractivity contribution in [2.75, 3.05) is 31.9 Å². The minimum Gasteiger partial charge on any atom is -0.337 e. The van der Waals surface area contributed by atoms with Gasteiger partial charge in [-0.3, -0.25) is 9.78 Å². The summed E-state index contributed by atoms with van der Waals surface area (Å²) in [6, 6.07) is 13.0. The van der Waals surface area contributed by atoms with Gasteiger partial charge in [-0.2, -0.15) is 0 Å². The lowest BCUT2D eigenvalue weighted by Crippen LogP contribution is -2.38. The molecule has 0 N–H and O–H groups in total. The first-order chi connectivity index (χ1) is 12.6. The van der Waals surface area contributed by atoms with E-state index in [1.807, 2.05) is 30.3 Å². The fourth-order valence-corrected chi connectivity index (χ4v) is 4.59. The van der Waals surface area contributed by atoms with Crippen molar-refractivity contribution < 1.29 is 13.2 Å². The van der Waals surface area contributed by atoms with Crippen LogP contribution in [0, 0.1) is 0 Å². The van der Waals surface area contributed by atoms with E-state index >= 15 is 0 Å². The summed E-state index contributed by atoms with van der Waals surface area (Å²) in [5.74, 6) is 0.0194. The minimum absolute atomic E-state index is 0.0732. The number of rotatable bonds is 5. The Morgan fingerprint density at radius 3 is 2.42 bits per heavy atom. The SMILES string of the molecule is O=C(c1ccncc1)N1CCCN(S(=O)(=O)CCc2ccccc2)CC1. The van der Waals surface area contributed by atoms with E-state index in [1.54, 1.807) is 29.4 Å². The van der Waals surface area contributed by atoms with Crippen LogP contribution in [0.4, 0.5) is 0 Å². The summed E-state index contributed by atoms with van der Waals surface area (Å²) in [7, 11) is -3.33. The van der Waals surface area contributed by atoms with E-state index < -0.39 is 10.0 Å². The van der Waals surface area contributed by atoms with Crippen molar-refractivity contribution in [1.29, 1.82) is 0 Å². The molecule has 0 atom stereocenters. The number of benzene rings is 1. The van der Waals surface area contributed by atoms with Gasteiger partial charge in [0.05, 0.1) is 5.75 Å². The maximum atomic E-state index is 12.7. The van der Waals surface area contributed by atoms with Gasteiger partial charge >= 0.3 is 0 Å². The normalized spacial score (nSPS) is 16.2. The predicted molar refractivity (Wildman–Crippen MR) is 100 cm³/mol. The standard InChI is InChI=1S/C19H23N3O3S/c23-19(18-7-10-20-11-8-18)21-12-4-13-22(15-14-21)26(24,25)16-9-17-5-2-1-3-6-17/h1-3,5-8,10-11H,4,9,12-16H2. The zero-order valence-corrected chi connectivity index (χ0v) is 15.4. The fourth-order valence-electron chi connectivity index (χ4n) is 3.07. The largest absolute Gasteiger partial charge is 0.337 e. The highest BCUT2D eigenvalue weighted by Gasteiger charge is 2.27. The van der Waals surface area contributed by atoms with Gasteiger partial charge in [-0.1, -0.05) is 30.3 Å². The highest BCUT2D eigenvalue weighted by molar-refractivity contribution is 7.89. The van der Waals surface area contributed by atoms with Crippen molar-refractivity contribution in [3.05, 3.63) is 66.0 Å².